The average Bonchev–Trinajstić information content (AvgIpc) is 3.19. The minimum absolute atomic E-state index is 0.0175. The van der Waals surface area contributed by atoms with E-state index in [2.05, 4.69) is 0 Å². The zero-order valence-corrected chi connectivity index (χ0v) is 15.9. The van der Waals surface area contributed by atoms with Gasteiger partial charge >= 0.3 is 0 Å². The van der Waals surface area contributed by atoms with Crippen LogP contribution in [0.5, 0.6) is 0 Å². The van der Waals surface area contributed by atoms with Crippen LogP contribution in [0.2, 0.25) is 0 Å². The second-order valence-corrected chi connectivity index (χ2v) is 9.48. The number of carbonyl (C=O) groups is 1. The van der Waals surface area contributed by atoms with Crippen LogP contribution in [-0.2, 0) is 14.8 Å². The van der Waals surface area contributed by atoms with E-state index in [1.54, 1.807) is 4.90 Å². The van der Waals surface area contributed by atoms with E-state index in [1.807, 2.05) is 31.2 Å². The van der Waals surface area contributed by atoms with Crippen molar-refractivity contribution >= 4 is 21.6 Å². The predicted molar refractivity (Wildman–Crippen MR) is 100 cm³/mol. The second kappa shape index (κ2) is 6.42. The van der Waals surface area contributed by atoms with Gasteiger partial charge in [0.05, 0.1) is 4.90 Å². The van der Waals surface area contributed by atoms with Crippen LogP contribution in [0.3, 0.4) is 0 Å². The lowest BCUT2D eigenvalue weighted by Crippen LogP contribution is -2.34. The molecule has 0 bridgehead atoms. The highest BCUT2D eigenvalue weighted by molar-refractivity contribution is 7.89. The molecule has 0 radical (unpaired) electrons. The van der Waals surface area contributed by atoms with Crippen molar-refractivity contribution in [2.24, 2.45) is 5.41 Å². The van der Waals surface area contributed by atoms with Gasteiger partial charge in [-0.2, -0.15) is 4.31 Å². The normalized spacial score (nSPS) is 23.5. The maximum absolute atomic E-state index is 13.5. The summed E-state index contributed by atoms with van der Waals surface area (Å²) in [5.74, 6) is -0.560. The van der Waals surface area contributed by atoms with Crippen LogP contribution in [0.4, 0.5) is 10.1 Å². The molecule has 27 heavy (non-hydrogen) atoms. The molecule has 0 aliphatic carbocycles. The number of hydrogen-bond donors (Lipinski definition) is 0. The number of halogens is 1. The van der Waals surface area contributed by atoms with E-state index in [0.29, 0.717) is 25.9 Å². The number of nitrogens with zero attached hydrogens (tertiary/aromatic N) is 2. The number of benzene rings is 2. The highest BCUT2D eigenvalue weighted by Crippen LogP contribution is 2.43. The molecular weight excluding hydrogens is 367 g/mol. The summed E-state index contributed by atoms with van der Waals surface area (Å²) in [6, 6.07) is 12.8. The number of rotatable bonds is 3. The largest absolute Gasteiger partial charge is 0.312 e. The Morgan fingerprint density at radius 3 is 2.52 bits per heavy atom. The molecule has 2 heterocycles. The number of carbonyl (C=O) groups excluding carboxylic acids is 1. The second-order valence-electron chi connectivity index (χ2n) is 7.54. The van der Waals surface area contributed by atoms with Crippen molar-refractivity contribution in [1.82, 2.24) is 4.31 Å². The fourth-order valence-electron chi connectivity index (χ4n) is 4.00. The quantitative estimate of drug-likeness (QED) is 0.812. The van der Waals surface area contributed by atoms with Crippen molar-refractivity contribution in [3.8, 4) is 0 Å². The van der Waals surface area contributed by atoms with Gasteiger partial charge in [-0.25, -0.2) is 12.8 Å². The molecule has 2 saturated heterocycles. The summed E-state index contributed by atoms with van der Waals surface area (Å²) in [4.78, 5) is 14.3. The predicted octanol–water partition coefficient (Wildman–Crippen LogP) is 2.95. The summed E-state index contributed by atoms with van der Waals surface area (Å²) >= 11 is 0. The minimum atomic E-state index is -3.77. The molecule has 142 valence electrons. The fraction of sp³-hybridized carbons (Fsp3) is 0.350. The fourth-order valence-corrected chi connectivity index (χ4v) is 5.59. The third-order valence-corrected chi connectivity index (χ3v) is 7.34. The van der Waals surface area contributed by atoms with Crippen molar-refractivity contribution in [3.63, 3.8) is 0 Å². The van der Waals surface area contributed by atoms with Gasteiger partial charge in [-0.05, 0) is 43.7 Å². The summed E-state index contributed by atoms with van der Waals surface area (Å²) < 4.78 is 40.6. The smallest absolute Gasteiger partial charge is 0.243 e. The number of aryl methyl sites for hydroxylation is 1. The Hall–Kier alpha value is -2.25. The van der Waals surface area contributed by atoms with E-state index in [0.717, 1.165) is 17.3 Å². The van der Waals surface area contributed by atoms with Gasteiger partial charge in [0.15, 0.2) is 0 Å². The summed E-state index contributed by atoms with van der Waals surface area (Å²) in [6.45, 7) is 3.11. The lowest BCUT2D eigenvalue weighted by Gasteiger charge is -2.24. The standard InChI is InChI=1S/C20H21FN2O3S/c1-15-5-7-17(8-6-15)23-14-20(12-19(23)24)9-10-22(13-20)27(25,26)18-4-2-3-16(21)11-18/h2-8,11H,9-10,12-14H2,1H3/t20-/m0/s1. The summed E-state index contributed by atoms with van der Waals surface area (Å²) in [5.41, 5.74) is 1.57. The first-order valence-electron chi connectivity index (χ1n) is 8.92. The SMILES string of the molecule is Cc1ccc(N2C[C@@]3(CCN(S(=O)(=O)c4cccc(F)c4)C3)CC2=O)cc1. The summed E-state index contributed by atoms with van der Waals surface area (Å²) in [5, 5.41) is 0. The van der Waals surface area contributed by atoms with Crippen LogP contribution in [0.15, 0.2) is 53.4 Å². The zero-order chi connectivity index (χ0) is 19.2. The van der Waals surface area contributed by atoms with Crippen molar-refractivity contribution in [1.29, 1.82) is 0 Å². The molecule has 1 spiro atoms. The Morgan fingerprint density at radius 2 is 1.81 bits per heavy atom. The highest BCUT2D eigenvalue weighted by Gasteiger charge is 2.50. The van der Waals surface area contributed by atoms with Crippen LogP contribution in [0.1, 0.15) is 18.4 Å². The highest BCUT2D eigenvalue weighted by atomic mass is 32.2. The van der Waals surface area contributed by atoms with Crippen LogP contribution in [0, 0.1) is 18.2 Å². The van der Waals surface area contributed by atoms with E-state index in [9.17, 15) is 17.6 Å². The van der Waals surface area contributed by atoms with Gasteiger partial charge in [-0.3, -0.25) is 4.79 Å². The topological polar surface area (TPSA) is 57.7 Å². The number of hydrogen-bond acceptors (Lipinski definition) is 3. The number of amides is 1. The molecular formula is C20H21FN2O3S. The van der Waals surface area contributed by atoms with Gasteiger partial charge in [0.25, 0.3) is 0 Å². The third kappa shape index (κ3) is 3.26. The Kier molecular flexibility index (Phi) is 4.31. The number of sulfonamides is 1. The van der Waals surface area contributed by atoms with E-state index in [4.69, 9.17) is 0 Å². The molecule has 1 amide bonds. The van der Waals surface area contributed by atoms with E-state index in [-0.39, 0.29) is 22.8 Å². The van der Waals surface area contributed by atoms with Gasteiger partial charge in [0, 0.05) is 37.2 Å². The molecule has 2 aromatic carbocycles. The van der Waals surface area contributed by atoms with Crippen LogP contribution in [-0.4, -0.2) is 38.3 Å². The van der Waals surface area contributed by atoms with Gasteiger partial charge in [0.1, 0.15) is 5.82 Å². The molecule has 2 aliphatic heterocycles. The van der Waals surface area contributed by atoms with Crippen LogP contribution in [0.25, 0.3) is 0 Å². The molecule has 7 heteroatoms. The molecule has 0 aromatic heterocycles. The minimum Gasteiger partial charge on any atom is -0.312 e. The maximum Gasteiger partial charge on any atom is 0.243 e. The van der Waals surface area contributed by atoms with Gasteiger partial charge < -0.3 is 4.90 Å². The van der Waals surface area contributed by atoms with Crippen LogP contribution >= 0.6 is 0 Å². The van der Waals surface area contributed by atoms with Crippen molar-refractivity contribution in [2.75, 3.05) is 24.5 Å². The first kappa shape index (κ1) is 18.1. The van der Waals surface area contributed by atoms with Crippen molar-refractivity contribution in [2.45, 2.75) is 24.7 Å². The molecule has 0 saturated carbocycles. The lowest BCUT2D eigenvalue weighted by molar-refractivity contribution is -0.117. The van der Waals surface area contributed by atoms with Crippen molar-refractivity contribution < 1.29 is 17.6 Å². The van der Waals surface area contributed by atoms with Gasteiger partial charge in [-0.1, -0.05) is 23.8 Å². The molecule has 4 rings (SSSR count). The third-order valence-electron chi connectivity index (χ3n) is 5.50. The first-order chi connectivity index (χ1) is 12.8. The van der Waals surface area contributed by atoms with E-state index >= 15 is 0 Å². The van der Waals surface area contributed by atoms with E-state index < -0.39 is 15.8 Å². The summed E-state index contributed by atoms with van der Waals surface area (Å²) in [7, 11) is -3.77. The summed E-state index contributed by atoms with van der Waals surface area (Å²) in [6.07, 6.45) is 0.950. The monoisotopic (exact) mass is 388 g/mol. The molecule has 0 unspecified atom stereocenters. The molecule has 2 fully saturated rings. The van der Waals surface area contributed by atoms with Gasteiger partial charge in [0.2, 0.25) is 15.9 Å². The van der Waals surface area contributed by atoms with E-state index in [1.165, 1.54) is 22.5 Å². The Balaban J connectivity index is 1.55. The molecule has 2 aromatic rings. The first-order valence-corrected chi connectivity index (χ1v) is 10.4. The Labute approximate surface area is 158 Å². The maximum atomic E-state index is 13.5. The molecule has 5 nitrogen and oxygen atoms in total. The number of anilines is 1. The average molecular weight is 388 g/mol. The lowest BCUT2D eigenvalue weighted by atomic mass is 9.86. The zero-order valence-electron chi connectivity index (χ0n) is 15.1. The van der Waals surface area contributed by atoms with Crippen LogP contribution < -0.4 is 4.90 Å². The Morgan fingerprint density at radius 1 is 1.07 bits per heavy atom. The van der Waals surface area contributed by atoms with Gasteiger partial charge in [-0.15, -0.1) is 0 Å². The molecule has 1 atom stereocenters. The Bertz CT molecular complexity index is 991. The molecule has 2 aliphatic rings. The molecule has 0 N–H and O–H groups in total. The van der Waals surface area contributed by atoms with Crippen molar-refractivity contribution in [3.05, 3.63) is 59.9 Å².